The van der Waals surface area contributed by atoms with E-state index in [-0.39, 0.29) is 22.0 Å². The lowest BCUT2D eigenvalue weighted by Crippen LogP contribution is -2.18. The first-order valence-corrected chi connectivity index (χ1v) is 10.3. The van der Waals surface area contributed by atoms with Crippen LogP contribution in [0.2, 0.25) is 0 Å². The molecule has 0 unspecified atom stereocenters. The van der Waals surface area contributed by atoms with Gasteiger partial charge in [0.25, 0.3) is 15.9 Å². The van der Waals surface area contributed by atoms with Gasteiger partial charge in [-0.25, -0.2) is 13.8 Å². The van der Waals surface area contributed by atoms with Crippen LogP contribution in [0.4, 0.5) is 5.69 Å². The molecule has 154 valence electrons. The normalized spacial score (nSPS) is 11.4. The van der Waals surface area contributed by atoms with Crippen molar-refractivity contribution in [3.63, 3.8) is 0 Å². The van der Waals surface area contributed by atoms with Crippen LogP contribution in [-0.2, 0) is 10.0 Å². The minimum absolute atomic E-state index is 0.0909. The molecule has 3 aromatic rings. The first-order chi connectivity index (χ1) is 14.2. The second kappa shape index (κ2) is 8.66. The van der Waals surface area contributed by atoms with E-state index in [1.165, 1.54) is 54.7 Å². The van der Waals surface area contributed by atoms with Crippen molar-refractivity contribution in [1.82, 2.24) is 5.43 Å². The van der Waals surface area contributed by atoms with Crippen LogP contribution in [0.5, 0.6) is 11.5 Å². The highest BCUT2D eigenvalue weighted by Gasteiger charge is 2.14. The summed E-state index contributed by atoms with van der Waals surface area (Å²) in [5.74, 6) is -0.789. The zero-order valence-corrected chi connectivity index (χ0v) is 16.7. The molecular weight excluding hydrogens is 406 g/mol. The molecule has 0 aliphatic heterocycles. The number of phenolic OH excluding ortho intramolecular Hbond substituents is 2. The van der Waals surface area contributed by atoms with Crippen molar-refractivity contribution < 1.29 is 23.4 Å². The third-order valence-electron chi connectivity index (χ3n) is 4.11. The van der Waals surface area contributed by atoms with E-state index in [1.807, 2.05) is 6.92 Å². The first-order valence-electron chi connectivity index (χ1n) is 8.79. The highest BCUT2D eigenvalue weighted by atomic mass is 32.2. The number of aromatic hydroxyl groups is 2. The van der Waals surface area contributed by atoms with E-state index in [0.717, 1.165) is 11.6 Å². The molecule has 0 bridgehead atoms. The molecule has 9 heteroatoms. The molecule has 0 radical (unpaired) electrons. The molecule has 0 atom stereocenters. The number of phenols is 2. The molecule has 8 nitrogen and oxygen atoms in total. The van der Waals surface area contributed by atoms with Crippen molar-refractivity contribution in [3.05, 3.63) is 83.4 Å². The zero-order valence-electron chi connectivity index (χ0n) is 15.9. The molecular formula is C21H19N3O5S. The number of carbonyl (C=O) groups excluding carboxylic acids is 1. The Morgan fingerprint density at radius 3 is 2.27 bits per heavy atom. The highest BCUT2D eigenvalue weighted by molar-refractivity contribution is 7.92. The van der Waals surface area contributed by atoms with Gasteiger partial charge in [0.05, 0.1) is 11.1 Å². The summed E-state index contributed by atoms with van der Waals surface area (Å²) in [5.41, 5.74) is 4.15. The lowest BCUT2D eigenvalue weighted by atomic mass is 10.2. The number of nitrogens with zero attached hydrogens (tertiary/aromatic N) is 1. The molecule has 0 heterocycles. The monoisotopic (exact) mass is 425 g/mol. The van der Waals surface area contributed by atoms with Gasteiger partial charge in [-0.2, -0.15) is 5.10 Å². The quantitative estimate of drug-likeness (QED) is 0.357. The summed E-state index contributed by atoms with van der Waals surface area (Å²) in [4.78, 5) is 12.3. The van der Waals surface area contributed by atoms with E-state index in [1.54, 1.807) is 12.1 Å². The average molecular weight is 425 g/mol. The fourth-order valence-corrected chi connectivity index (χ4v) is 3.55. The van der Waals surface area contributed by atoms with Crippen LogP contribution in [-0.4, -0.2) is 30.8 Å². The molecule has 0 aliphatic carbocycles. The maximum absolute atomic E-state index is 12.4. The Morgan fingerprint density at radius 2 is 1.63 bits per heavy atom. The van der Waals surface area contributed by atoms with Crippen LogP contribution < -0.4 is 10.1 Å². The van der Waals surface area contributed by atoms with Gasteiger partial charge in [0.15, 0.2) is 0 Å². The number of aryl methyl sites for hydroxylation is 1. The number of hydrogen-bond acceptors (Lipinski definition) is 6. The lowest BCUT2D eigenvalue weighted by Gasteiger charge is -2.09. The van der Waals surface area contributed by atoms with Gasteiger partial charge < -0.3 is 10.2 Å². The van der Waals surface area contributed by atoms with Crippen molar-refractivity contribution in [2.24, 2.45) is 5.10 Å². The number of benzene rings is 3. The number of carbonyl (C=O) groups is 1. The van der Waals surface area contributed by atoms with Gasteiger partial charge >= 0.3 is 0 Å². The Bertz CT molecular complexity index is 1190. The fraction of sp³-hybridized carbons (Fsp3) is 0.0476. The minimum atomic E-state index is -3.73. The first kappa shape index (κ1) is 20.9. The van der Waals surface area contributed by atoms with E-state index >= 15 is 0 Å². The van der Waals surface area contributed by atoms with E-state index in [0.29, 0.717) is 11.3 Å². The van der Waals surface area contributed by atoms with Crippen LogP contribution in [0.1, 0.15) is 21.5 Å². The van der Waals surface area contributed by atoms with Crippen molar-refractivity contribution >= 4 is 27.8 Å². The van der Waals surface area contributed by atoms with Gasteiger partial charge in [-0.1, -0.05) is 17.7 Å². The van der Waals surface area contributed by atoms with E-state index in [9.17, 15) is 23.4 Å². The molecule has 0 saturated carbocycles. The molecule has 3 aromatic carbocycles. The molecule has 0 aromatic heterocycles. The van der Waals surface area contributed by atoms with Crippen molar-refractivity contribution in [2.45, 2.75) is 11.8 Å². The van der Waals surface area contributed by atoms with Crippen LogP contribution in [0.25, 0.3) is 0 Å². The topological polar surface area (TPSA) is 128 Å². The molecule has 0 fully saturated rings. The minimum Gasteiger partial charge on any atom is -0.508 e. The molecule has 0 saturated heterocycles. The Labute approximate surface area is 173 Å². The predicted octanol–water partition coefficient (Wildman–Crippen LogP) is 2.97. The maximum atomic E-state index is 12.4. The van der Waals surface area contributed by atoms with Gasteiger partial charge in [-0.05, 0) is 55.5 Å². The summed E-state index contributed by atoms with van der Waals surface area (Å²) in [6.45, 7) is 1.87. The fourth-order valence-electron chi connectivity index (χ4n) is 2.49. The van der Waals surface area contributed by atoms with E-state index in [4.69, 9.17) is 0 Å². The third-order valence-corrected chi connectivity index (χ3v) is 5.51. The van der Waals surface area contributed by atoms with Crippen molar-refractivity contribution in [1.29, 1.82) is 0 Å². The summed E-state index contributed by atoms with van der Waals surface area (Å²) in [6, 6.07) is 16.3. The predicted molar refractivity (Wildman–Crippen MR) is 113 cm³/mol. The molecule has 4 N–H and O–H groups in total. The van der Waals surface area contributed by atoms with Crippen molar-refractivity contribution in [3.8, 4) is 11.5 Å². The Balaban J connectivity index is 1.64. The maximum Gasteiger partial charge on any atom is 0.271 e. The van der Waals surface area contributed by atoms with Crippen molar-refractivity contribution in [2.75, 3.05) is 4.72 Å². The van der Waals surface area contributed by atoms with Gasteiger partial charge in [0, 0.05) is 22.9 Å². The molecule has 1 amide bonds. The summed E-state index contributed by atoms with van der Waals surface area (Å²) >= 11 is 0. The number of hydrazone groups is 1. The molecule has 3 rings (SSSR count). The zero-order chi connectivity index (χ0) is 21.7. The molecule has 0 aliphatic rings. The number of anilines is 1. The van der Waals surface area contributed by atoms with E-state index < -0.39 is 15.9 Å². The van der Waals surface area contributed by atoms with Crippen LogP contribution in [0.15, 0.2) is 76.7 Å². The lowest BCUT2D eigenvalue weighted by molar-refractivity contribution is 0.0955. The summed E-state index contributed by atoms with van der Waals surface area (Å²) < 4.78 is 27.3. The smallest absolute Gasteiger partial charge is 0.271 e. The number of hydrogen-bond donors (Lipinski definition) is 4. The number of rotatable bonds is 6. The summed E-state index contributed by atoms with van der Waals surface area (Å²) in [6.07, 6.45) is 1.23. The summed E-state index contributed by atoms with van der Waals surface area (Å²) in [7, 11) is -3.73. The van der Waals surface area contributed by atoms with Gasteiger partial charge in [0.1, 0.15) is 11.5 Å². The van der Waals surface area contributed by atoms with Crippen LogP contribution >= 0.6 is 0 Å². The standard InChI is InChI=1S/C21H19N3O5S/c1-14-2-10-19(11-3-14)30(28,29)24-17-7-4-15(5-8-17)21(27)23-22-13-16-6-9-18(25)12-20(16)26/h2-13,24-26H,1H3,(H,23,27)/b22-13+. The second-order valence-corrected chi connectivity index (χ2v) is 8.12. The largest absolute Gasteiger partial charge is 0.508 e. The highest BCUT2D eigenvalue weighted by Crippen LogP contribution is 2.21. The second-order valence-electron chi connectivity index (χ2n) is 6.44. The number of sulfonamides is 1. The van der Waals surface area contributed by atoms with Gasteiger partial charge in [-0.15, -0.1) is 0 Å². The number of nitrogens with one attached hydrogen (secondary N) is 2. The van der Waals surface area contributed by atoms with Gasteiger partial charge in [0.2, 0.25) is 0 Å². The average Bonchev–Trinajstić information content (AvgIpc) is 2.70. The Morgan fingerprint density at radius 1 is 0.967 bits per heavy atom. The molecule has 0 spiro atoms. The van der Waals surface area contributed by atoms with E-state index in [2.05, 4.69) is 15.2 Å². The number of amides is 1. The third kappa shape index (κ3) is 5.15. The van der Waals surface area contributed by atoms with Crippen LogP contribution in [0, 0.1) is 6.92 Å². The van der Waals surface area contributed by atoms with Crippen LogP contribution in [0.3, 0.4) is 0 Å². The Kier molecular flexibility index (Phi) is 6.03. The Hall–Kier alpha value is -3.85. The SMILES string of the molecule is Cc1ccc(S(=O)(=O)Nc2ccc(C(=O)N/N=C/c3ccc(O)cc3O)cc2)cc1. The van der Waals surface area contributed by atoms with Gasteiger partial charge in [-0.3, -0.25) is 9.52 Å². The summed E-state index contributed by atoms with van der Waals surface area (Å²) in [5, 5.41) is 22.7. The molecule has 30 heavy (non-hydrogen) atoms.